The Balaban J connectivity index is 2.17. The maximum atomic E-state index is 12.9. The fourth-order valence-electron chi connectivity index (χ4n) is 2.02. The van der Waals surface area contributed by atoms with Gasteiger partial charge in [0, 0.05) is 0 Å². The van der Waals surface area contributed by atoms with E-state index in [1.54, 1.807) is 19.9 Å². The van der Waals surface area contributed by atoms with E-state index < -0.39 is 32.9 Å². The highest BCUT2D eigenvalue weighted by molar-refractivity contribution is 7.91. The summed E-state index contributed by atoms with van der Waals surface area (Å²) in [5, 5.41) is 20.3. The van der Waals surface area contributed by atoms with Crippen LogP contribution in [0.5, 0.6) is 0 Å². The number of aliphatic hydroxyl groups is 1. The van der Waals surface area contributed by atoms with E-state index in [1.165, 1.54) is 0 Å². The second kappa shape index (κ2) is 6.85. The number of carbonyl (C=O) groups is 1. The maximum absolute atomic E-state index is 12.9. The molecular weight excluding hydrogens is 349 g/mol. The van der Waals surface area contributed by atoms with Crippen molar-refractivity contribution in [2.24, 2.45) is 0 Å². The number of halogens is 1. The summed E-state index contributed by atoms with van der Waals surface area (Å²) in [7, 11) is -4.00. The monoisotopic (exact) mass is 367 g/mol. The zero-order valence-corrected chi connectivity index (χ0v) is 14.8. The molecule has 0 aliphatic heterocycles. The van der Waals surface area contributed by atoms with E-state index in [4.69, 9.17) is 0 Å². The average Bonchev–Trinajstić information content (AvgIpc) is 2.50. The first-order valence-corrected chi connectivity index (χ1v) is 8.99. The van der Waals surface area contributed by atoms with Gasteiger partial charge in [-0.3, -0.25) is 4.79 Å². The molecule has 0 saturated carbocycles. The Labute approximate surface area is 144 Å². The molecule has 2 N–H and O–H groups in total. The van der Waals surface area contributed by atoms with E-state index >= 15 is 0 Å². The molecule has 0 aliphatic carbocycles. The molecule has 9 heteroatoms. The highest BCUT2D eigenvalue weighted by Gasteiger charge is 2.37. The van der Waals surface area contributed by atoms with Crippen LogP contribution in [0, 0.1) is 19.7 Å². The van der Waals surface area contributed by atoms with E-state index in [0.29, 0.717) is 5.69 Å². The number of hydrogen-bond acceptors (Lipinski definition) is 6. The van der Waals surface area contributed by atoms with Crippen molar-refractivity contribution >= 4 is 21.6 Å². The molecule has 134 valence electrons. The summed E-state index contributed by atoms with van der Waals surface area (Å²) in [6, 6.07) is 5.70. The highest BCUT2D eigenvalue weighted by atomic mass is 32.2. The van der Waals surface area contributed by atoms with Gasteiger partial charge in [-0.15, -0.1) is 5.10 Å². The smallest absolute Gasteiger partial charge is 0.258 e. The SMILES string of the molecule is Cc1cc(NC(=O)[C@@](C)(O)CS(=O)(=O)c2ccc(F)cc2)nnc1C. The first kappa shape index (κ1) is 18.9. The summed E-state index contributed by atoms with van der Waals surface area (Å²) < 4.78 is 37.6. The van der Waals surface area contributed by atoms with Crippen molar-refractivity contribution in [1.82, 2.24) is 10.2 Å². The van der Waals surface area contributed by atoms with Crippen molar-refractivity contribution in [1.29, 1.82) is 0 Å². The molecule has 1 atom stereocenters. The van der Waals surface area contributed by atoms with E-state index in [-0.39, 0.29) is 10.7 Å². The molecule has 2 rings (SSSR count). The van der Waals surface area contributed by atoms with Crippen molar-refractivity contribution in [3.8, 4) is 0 Å². The van der Waals surface area contributed by atoms with Crippen LogP contribution in [0.2, 0.25) is 0 Å². The lowest BCUT2D eigenvalue weighted by Gasteiger charge is -2.22. The maximum Gasteiger partial charge on any atom is 0.258 e. The fourth-order valence-corrected chi connectivity index (χ4v) is 3.61. The third-order valence-electron chi connectivity index (χ3n) is 3.61. The normalized spacial score (nSPS) is 14.0. The van der Waals surface area contributed by atoms with Gasteiger partial charge in [0.05, 0.1) is 16.3 Å². The number of amides is 1. The Morgan fingerprint density at radius 3 is 2.40 bits per heavy atom. The molecule has 1 aromatic carbocycles. The van der Waals surface area contributed by atoms with E-state index in [2.05, 4.69) is 15.5 Å². The number of hydrogen-bond donors (Lipinski definition) is 2. The number of carbonyl (C=O) groups excluding carboxylic acids is 1. The van der Waals surface area contributed by atoms with Gasteiger partial charge in [-0.25, -0.2) is 12.8 Å². The summed E-state index contributed by atoms with van der Waals surface area (Å²) in [6.07, 6.45) is 0. The molecule has 1 aromatic heterocycles. The van der Waals surface area contributed by atoms with Crippen LogP contribution in [0.3, 0.4) is 0 Å². The van der Waals surface area contributed by atoms with Crippen molar-refractivity contribution in [2.75, 3.05) is 11.1 Å². The van der Waals surface area contributed by atoms with Gasteiger partial charge in [-0.2, -0.15) is 5.10 Å². The molecule has 25 heavy (non-hydrogen) atoms. The van der Waals surface area contributed by atoms with Gasteiger partial charge in [-0.05, 0) is 56.7 Å². The van der Waals surface area contributed by atoms with Crippen molar-refractivity contribution in [3.05, 3.63) is 47.4 Å². The van der Waals surface area contributed by atoms with Crippen LogP contribution in [0.25, 0.3) is 0 Å². The van der Waals surface area contributed by atoms with Crippen LogP contribution in [0.15, 0.2) is 35.2 Å². The molecule has 1 heterocycles. The van der Waals surface area contributed by atoms with E-state index in [0.717, 1.165) is 36.8 Å². The molecule has 2 aromatic rings. The first-order chi connectivity index (χ1) is 11.5. The molecule has 0 aliphatic rings. The largest absolute Gasteiger partial charge is 0.379 e. The molecule has 7 nitrogen and oxygen atoms in total. The topological polar surface area (TPSA) is 109 Å². The van der Waals surface area contributed by atoms with Crippen LogP contribution in [-0.2, 0) is 14.6 Å². The molecule has 0 unspecified atom stereocenters. The highest BCUT2D eigenvalue weighted by Crippen LogP contribution is 2.19. The number of nitrogens with zero attached hydrogens (tertiary/aromatic N) is 2. The van der Waals surface area contributed by atoms with Crippen LogP contribution in [-0.4, -0.2) is 41.0 Å². The number of aryl methyl sites for hydroxylation is 2. The third kappa shape index (κ3) is 4.58. The second-order valence-electron chi connectivity index (χ2n) is 5.94. The molecule has 1 amide bonds. The molecule has 0 saturated heterocycles. The Morgan fingerprint density at radius 2 is 1.84 bits per heavy atom. The Kier molecular flexibility index (Phi) is 5.19. The zero-order valence-electron chi connectivity index (χ0n) is 13.9. The lowest BCUT2D eigenvalue weighted by Crippen LogP contribution is -2.46. The minimum Gasteiger partial charge on any atom is -0.379 e. The second-order valence-corrected chi connectivity index (χ2v) is 7.93. The summed E-state index contributed by atoms with van der Waals surface area (Å²) in [6.45, 7) is 4.61. The average molecular weight is 367 g/mol. The third-order valence-corrected chi connectivity index (χ3v) is 5.54. The molecule has 0 spiro atoms. The van der Waals surface area contributed by atoms with Gasteiger partial charge in [0.15, 0.2) is 21.3 Å². The standard InChI is InChI=1S/C16H18FN3O4S/c1-10-8-14(20-19-11(10)2)18-15(21)16(3,22)9-25(23,24)13-6-4-12(17)5-7-13/h4-8,22H,9H2,1-3H3,(H,18,20,21)/t16-/m0/s1. The number of anilines is 1. The van der Waals surface area contributed by atoms with Crippen molar-refractivity contribution in [2.45, 2.75) is 31.3 Å². The van der Waals surface area contributed by atoms with Gasteiger partial charge in [-0.1, -0.05) is 0 Å². The van der Waals surface area contributed by atoms with Gasteiger partial charge >= 0.3 is 0 Å². The minimum absolute atomic E-state index is 0.104. The van der Waals surface area contributed by atoms with Gasteiger partial charge in [0.2, 0.25) is 0 Å². The Bertz CT molecular complexity index is 896. The van der Waals surface area contributed by atoms with Gasteiger partial charge < -0.3 is 10.4 Å². The number of nitrogens with one attached hydrogen (secondary N) is 1. The van der Waals surface area contributed by atoms with E-state index in [1.807, 2.05) is 0 Å². The molecule has 0 radical (unpaired) electrons. The molecule has 0 bridgehead atoms. The summed E-state index contributed by atoms with van der Waals surface area (Å²) in [5.74, 6) is -2.28. The Morgan fingerprint density at radius 1 is 1.24 bits per heavy atom. The number of benzene rings is 1. The number of aromatic nitrogens is 2. The summed E-state index contributed by atoms with van der Waals surface area (Å²) in [5.41, 5.74) is -0.749. The van der Waals surface area contributed by atoms with Gasteiger partial charge in [0.25, 0.3) is 5.91 Å². The van der Waals surface area contributed by atoms with Crippen LogP contribution < -0.4 is 5.32 Å². The predicted molar refractivity (Wildman–Crippen MR) is 89.2 cm³/mol. The lowest BCUT2D eigenvalue weighted by atomic mass is 10.1. The number of rotatable bonds is 5. The van der Waals surface area contributed by atoms with Crippen LogP contribution in [0.4, 0.5) is 10.2 Å². The Hall–Kier alpha value is -2.39. The lowest BCUT2D eigenvalue weighted by molar-refractivity contribution is -0.130. The number of sulfone groups is 1. The van der Waals surface area contributed by atoms with Crippen molar-refractivity contribution < 1.29 is 22.7 Å². The molecular formula is C16H18FN3O4S. The predicted octanol–water partition coefficient (Wildman–Crippen LogP) is 1.40. The zero-order chi connectivity index (χ0) is 18.8. The van der Waals surface area contributed by atoms with E-state index in [9.17, 15) is 22.7 Å². The first-order valence-electron chi connectivity index (χ1n) is 7.34. The van der Waals surface area contributed by atoms with Gasteiger partial charge in [0.1, 0.15) is 5.82 Å². The quantitative estimate of drug-likeness (QED) is 0.773. The summed E-state index contributed by atoms with van der Waals surface area (Å²) >= 11 is 0. The fraction of sp³-hybridized carbons (Fsp3) is 0.312. The van der Waals surface area contributed by atoms with Crippen LogP contribution in [0.1, 0.15) is 18.2 Å². The van der Waals surface area contributed by atoms with Crippen LogP contribution >= 0.6 is 0 Å². The summed E-state index contributed by atoms with van der Waals surface area (Å²) in [4.78, 5) is 12.1. The molecule has 0 fully saturated rings. The van der Waals surface area contributed by atoms with Crippen molar-refractivity contribution in [3.63, 3.8) is 0 Å². The minimum atomic E-state index is -4.00.